The van der Waals surface area contributed by atoms with Crippen molar-refractivity contribution in [3.63, 3.8) is 0 Å². The molecule has 1 aliphatic rings. The Morgan fingerprint density at radius 3 is 2.28 bits per heavy atom. The Balaban J connectivity index is 1.86. The maximum Gasteiger partial charge on any atom is 0.445 e. The van der Waals surface area contributed by atoms with E-state index in [1.807, 2.05) is 30.3 Å². The second-order valence-corrected chi connectivity index (χ2v) is 4.34. The van der Waals surface area contributed by atoms with Crippen LogP contribution in [0.25, 0.3) is 0 Å². The van der Waals surface area contributed by atoms with E-state index >= 15 is 0 Å². The lowest BCUT2D eigenvalue weighted by Gasteiger charge is -2.22. The average Bonchev–Trinajstić information content (AvgIpc) is 3.06. The van der Waals surface area contributed by atoms with Crippen molar-refractivity contribution in [2.75, 3.05) is 0 Å². The first-order chi connectivity index (χ1) is 8.32. The van der Waals surface area contributed by atoms with Crippen LogP contribution < -0.4 is 0 Å². The van der Waals surface area contributed by atoms with Gasteiger partial charge in [0.15, 0.2) is 0 Å². The molecule has 100 valence electrons. The molecule has 2 rings (SSSR count). The molecule has 1 heterocycles. The smallest absolute Gasteiger partial charge is 0.363 e. The minimum atomic E-state index is -5.10. The molecule has 1 aromatic carbocycles. The standard InChI is InChI=1S/C12H13F3O3/c13-12(14,15)11(16,17)10-9(18-10)7-6-8-4-2-1-3-5-8/h1-5,9-10,16-17H,6-7H2/t9-,10+/m1/s1. The molecule has 0 amide bonds. The zero-order chi connectivity index (χ0) is 13.4. The molecular weight excluding hydrogens is 249 g/mol. The molecule has 1 fully saturated rings. The molecule has 0 aliphatic carbocycles. The van der Waals surface area contributed by atoms with Crippen molar-refractivity contribution in [2.24, 2.45) is 0 Å². The zero-order valence-electron chi connectivity index (χ0n) is 9.39. The predicted octanol–water partition coefficient (Wildman–Crippen LogP) is 1.63. The number of ether oxygens (including phenoxy) is 1. The van der Waals surface area contributed by atoms with Gasteiger partial charge in [-0.2, -0.15) is 13.2 Å². The molecule has 0 unspecified atom stereocenters. The lowest BCUT2D eigenvalue weighted by Crippen LogP contribution is -2.50. The second-order valence-electron chi connectivity index (χ2n) is 4.34. The predicted molar refractivity (Wildman–Crippen MR) is 56.6 cm³/mol. The minimum Gasteiger partial charge on any atom is -0.363 e. The number of hydrogen-bond donors (Lipinski definition) is 2. The Morgan fingerprint density at radius 1 is 1.11 bits per heavy atom. The van der Waals surface area contributed by atoms with Crippen LogP contribution in [0, 0.1) is 0 Å². The van der Waals surface area contributed by atoms with Gasteiger partial charge >= 0.3 is 6.18 Å². The number of alkyl halides is 3. The largest absolute Gasteiger partial charge is 0.445 e. The number of hydrogen-bond acceptors (Lipinski definition) is 3. The second kappa shape index (κ2) is 4.53. The zero-order valence-corrected chi connectivity index (χ0v) is 9.39. The van der Waals surface area contributed by atoms with E-state index < -0.39 is 24.2 Å². The molecule has 0 aromatic heterocycles. The van der Waals surface area contributed by atoms with Crippen molar-refractivity contribution in [2.45, 2.75) is 37.0 Å². The Bertz CT molecular complexity index is 403. The summed E-state index contributed by atoms with van der Waals surface area (Å²) >= 11 is 0. The van der Waals surface area contributed by atoms with E-state index in [1.54, 1.807) is 0 Å². The number of aryl methyl sites for hydroxylation is 1. The fraction of sp³-hybridized carbons (Fsp3) is 0.500. The van der Waals surface area contributed by atoms with Gasteiger partial charge in [-0.05, 0) is 18.4 Å². The lowest BCUT2D eigenvalue weighted by molar-refractivity contribution is -0.355. The van der Waals surface area contributed by atoms with Crippen LogP contribution in [0.1, 0.15) is 12.0 Å². The maximum atomic E-state index is 12.3. The molecule has 3 nitrogen and oxygen atoms in total. The van der Waals surface area contributed by atoms with Gasteiger partial charge in [-0.3, -0.25) is 0 Å². The monoisotopic (exact) mass is 262 g/mol. The van der Waals surface area contributed by atoms with Crippen LogP contribution in [0.2, 0.25) is 0 Å². The molecule has 0 saturated carbocycles. The average molecular weight is 262 g/mol. The van der Waals surface area contributed by atoms with Gasteiger partial charge in [-0.25, -0.2) is 0 Å². The van der Waals surface area contributed by atoms with E-state index in [1.165, 1.54) is 0 Å². The normalized spacial score (nSPS) is 24.1. The van der Waals surface area contributed by atoms with E-state index in [2.05, 4.69) is 0 Å². The topological polar surface area (TPSA) is 53.0 Å². The number of benzene rings is 1. The molecule has 6 heteroatoms. The first kappa shape index (κ1) is 13.3. The summed E-state index contributed by atoms with van der Waals surface area (Å²) in [5, 5.41) is 17.9. The van der Waals surface area contributed by atoms with E-state index in [0.29, 0.717) is 12.8 Å². The van der Waals surface area contributed by atoms with Crippen LogP contribution in [0.4, 0.5) is 13.2 Å². The van der Waals surface area contributed by atoms with Crippen LogP contribution in [-0.2, 0) is 11.2 Å². The molecule has 2 N–H and O–H groups in total. The molecule has 18 heavy (non-hydrogen) atoms. The van der Waals surface area contributed by atoms with E-state index in [0.717, 1.165) is 5.56 Å². The highest BCUT2D eigenvalue weighted by Gasteiger charge is 2.67. The summed E-state index contributed by atoms with van der Waals surface area (Å²) in [6.45, 7) is 0. The minimum absolute atomic E-state index is 0.327. The molecule has 1 saturated heterocycles. The summed E-state index contributed by atoms with van der Waals surface area (Å²) in [7, 11) is 0. The molecule has 0 radical (unpaired) electrons. The SMILES string of the molecule is OC(O)([C@H]1O[C@@H]1CCc1ccccc1)C(F)(F)F. The summed E-state index contributed by atoms with van der Waals surface area (Å²) in [6.07, 6.45) is -6.58. The van der Waals surface area contributed by atoms with Gasteiger partial charge in [-0.1, -0.05) is 30.3 Å². The Hall–Kier alpha value is -1.11. The number of epoxide rings is 1. The molecule has 0 spiro atoms. The molecule has 1 aromatic rings. The van der Waals surface area contributed by atoms with Crippen molar-refractivity contribution >= 4 is 0 Å². The maximum absolute atomic E-state index is 12.3. The lowest BCUT2D eigenvalue weighted by atomic mass is 10.0. The van der Waals surface area contributed by atoms with E-state index in [-0.39, 0.29) is 0 Å². The molecular formula is C12H13F3O3. The summed E-state index contributed by atoms with van der Waals surface area (Å²) in [5.41, 5.74) is 0.972. The summed E-state index contributed by atoms with van der Waals surface area (Å²) in [5.74, 6) is -3.76. The molecule has 2 atom stereocenters. The fourth-order valence-electron chi connectivity index (χ4n) is 1.83. The van der Waals surface area contributed by atoms with Crippen molar-refractivity contribution < 1.29 is 28.1 Å². The van der Waals surface area contributed by atoms with Crippen molar-refractivity contribution in [1.82, 2.24) is 0 Å². The third kappa shape index (κ3) is 2.66. The highest BCUT2D eigenvalue weighted by Crippen LogP contribution is 2.42. The number of halogens is 3. The first-order valence-corrected chi connectivity index (χ1v) is 5.53. The first-order valence-electron chi connectivity index (χ1n) is 5.53. The summed E-state index contributed by atoms with van der Waals surface area (Å²) in [4.78, 5) is 0. The summed E-state index contributed by atoms with van der Waals surface area (Å²) in [6, 6.07) is 9.21. The number of rotatable bonds is 4. The van der Waals surface area contributed by atoms with Gasteiger partial charge < -0.3 is 14.9 Å². The quantitative estimate of drug-likeness (QED) is 0.640. The summed E-state index contributed by atoms with van der Waals surface area (Å²) < 4.78 is 41.6. The van der Waals surface area contributed by atoms with Crippen molar-refractivity contribution in [3.8, 4) is 0 Å². The fourth-order valence-corrected chi connectivity index (χ4v) is 1.83. The number of aliphatic hydroxyl groups is 2. The Labute approximate surface area is 102 Å². The van der Waals surface area contributed by atoms with Gasteiger partial charge in [0, 0.05) is 0 Å². The highest BCUT2D eigenvalue weighted by molar-refractivity contribution is 5.15. The Kier molecular flexibility index (Phi) is 3.35. The van der Waals surface area contributed by atoms with Crippen LogP contribution in [0.15, 0.2) is 30.3 Å². The third-order valence-electron chi connectivity index (χ3n) is 2.96. The molecule has 0 bridgehead atoms. The van der Waals surface area contributed by atoms with Crippen LogP contribution in [0.3, 0.4) is 0 Å². The van der Waals surface area contributed by atoms with Crippen LogP contribution in [-0.4, -0.2) is 34.4 Å². The Morgan fingerprint density at radius 2 is 1.72 bits per heavy atom. The van der Waals surface area contributed by atoms with Crippen molar-refractivity contribution in [3.05, 3.63) is 35.9 Å². The van der Waals surface area contributed by atoms with E-state index in [9.17, 15) is 13.2 Å². The van der Waals surface area contributed by atoms with Gasteiger partial charge in [0.05, 0.1) is 6.10 Å². The highest BCUT2D eigenvalue weighted by atomic mass is 19.4. The van der Waals surface area contributed by atoms with Gasteiger partial charge in [0.25, 0.3) is 5.79 Å². The van der Waals surface area contributed by atoms with Gasteiger partial charge in [0.1, 0.15) is 6.10 Å². The van der Waals surface area contributed by atoms with Crippen LogP contribution >= 0.6 is 0 Å². The third-order valence-corrected chi connectivity index (χ3v) is 2.96. The van der Waals surface area contributed by atoms with E-state index in [4.69, 9.17) is 14.9 Å². The van der Waals surface area contributed by atoms with Gasteiger partial charge in [-0.15, -0.1) is 0 Å². The van der Waals surface area contributed by atoms with Crippen LogP contribution in [0.5, 0.6) is 0 Å². The van der Waals surface area contributed by atoms with Gasteiger partial charge in [0.2, 0.25) is 0 Å². The van der Waals surface area contributed by atoms with Crippen molar-refractivity contribution in [1.29, 1.82) is 0 Å². The molecule has 1 aliphatic heterocycles.